The number of likely N-dealkylation sites (N-methyl/N-ethyl adjacent to an activating group) is 1. The Hall–Kier alpha value is -2.15. The van der Waals surface area contributed by atoms with Crippen molar-refractivity contribution in [1.29, 1.82) is 0 Å². The van der Waals surface area contributed by atoms with Crippen LogP contribution < -0.4 is 4.74 Å². The Balaban J connectivity index is 1.36. The second kappa shape index (κ2) is 8.69. The molecule has 1 fully saturated rings. The molecule has 4 rings (SSSR count). The number of ether oxygens (including phenoxy) is 1. The summed E-state index contributed by atoms with van der Waals surface area (Å²) in [6.45, 7) is 8.36. The number of aromatic amines is 1. The fraction of sp³-hybridized carbons (Fsp3) is 0.409. The Morgan fingerprint density at radius 1 is 1.17 bits per heavy atom. The Kier molecular flexibility index (Phi) is 6.04. The normalized spacial score (nSPS) is 15.9. The summed E-state index contributed by atoms with van der Waals surface area (Å²) in [5, 5.41) is 0.0760. The highest BCUT2D eigenvalue weighted by molar-refractivity contribution is 6.31. The number of aromatic nitrogens is 2. The summed E-state index contributed by atoms with van der Waals surface area (Å²) in [6.07, 6.45) is 1.01. The Labute approximate surface area is 175 Å². The molecule has 1 N–H and O–H groups in total. The molecule has 0 aliphatic carbocycles. The van der Waals surface area contributed by atoms with E-state index >= 15 is 0 Å². The van der Waals surface area contributed by atoms with Crippen molar-refractivity contribution >= 4 is 22.6 Å². The molecule has 0 saturated carbocycles. The van der Waals surface area contributed by atoms with Crippen molar-refractivity contribution in [2.24, 2.45) is 0 Å². The number of rotatable bonds is 6. The summed E-state index contributed by atoms with van der Waals surface area (Å²) in [4.78, 5) is 12.6. The molecule has 1 aromatic heterocycles. The average molecular weight is 417 g/mol. The largest absolute Gasteiger partial charge is 0.493 e. The zero-order valence-electron chi connectivity index (χ0n) is 16.8. The van der Waals surface area contributed by atoms with E-state index in [4.69, 9.17) is 16.3 Å². The van der Waals surface area contributed by atoms with E-state index in [2.05, 4.69) is 26.8 Å². The maximum absolute atomic E-state index is 13.7. The quantitative estimate of drug-likeness (QED) is 0.607. The molecule has 1 saturated heterocycles. The zero-order valence-corrected chi connectivity index (χ0v) is 17.6. The van der Waals surface area contributed by atoms with Crippen molar-refractivity contribution in [3.63, 3.8) is 0 Å². The molecule has 0 amide bonds. The summed E-state index contributed by atoms with van der Waals surface area (Å²) in [6, 6.07) is 8.89. The highest BCUT2D eigenvalue weighted by Crippen LogP contribution is 2.28. The van der Waals surface area contributed by atoms with Crippen LogP contribution in [-0.2, 0) is 0 Å². The second-order valence-corrected chi connectivity index (χ2v) is 8.10. The number of benzene rings is 2. The minimum Gasteiger partial charge on any atom is -0.493 e. The van der Waals surface area contributed by atoms with Crippen molar-refractivity contribution in [2.75, 3.05) is 46.4 Å². The van der Waals surface area contributed by atoms with Crippen molar-refractivity contribution < 1.29 is 9.13 Å². The van der Waals surface area contributed by atoms with E-state index in [0.29, 0.717) is 23.5 Å². The van der Waals surface area contributed by atoms with E-state index in [1.807, 2.05) is 25.1 Å². The van der Waals surface area contributed by atoms with Crippen LogP contribution in [0.25, 0.3) is 22.4 Å². The van der Waals surface area contributed by atoms with Gasteiger partial charge in [-0.25, -0.2) is 9.37 Å². The van der Waals surface area contributed by atoms with Crippen LogP contribution in [0.4, 0.5) is 4.39 Å². The average Bonchev–Trinajstić information content (AvgIpc) is 3.10. The van der Waals surface area contributed by atoms with Gasteiger partial charge in [0.2, 0.25) is 0 Å². The molecule has 0 bridgehead atoms. The monoisotopic (exact) mass is 416 g/mol. The summed E-state index contributed by atoms with van der Waals surface area (Å²) in [7, 11) is 2.17. The summed E-state index contributed by atoms with van der Waals surface area (Å²) < 4.78 is 19.7. The fourth-order valence-corrected chi connectivity index (χ4v) is 3.80. The topological polar surface area (TPSA) is 44.4 Å². The minimum atomic E-state index is -0.453. The minimum absolute atomic E-state index is 0.0760. The van der Waals surface area contributed by atoms with Crippen LogP contribution in [0.1, 0.15) is 12.0 Å². The highest BCUT2D eigenvalue weighted by Gasteiger charge is 2.13. The van der Waals surface area contributed by atoms with Crippen LogP contribution in [0.3, 0.4) is 0 Å². The third kappa shape index (κ3) is 4.71. The van der Waals surface area contributed by atoms with Crippen LogP contribution in [0.15, 0.2) is 30.3 Å². The summed E-state index contributed by atoms with van der Waals surface area (Å²) in [5.74, 6) is 1.12. The van der Waals surface area contributed by atoms with Gasteiger partial charge in [0.25, 0.3) is 0 Å². The van der Waals surface area contributed by atoms with E-state index < -0.39 is 5.82 Å². The van der Waals surface area contributed by atoms with Gasteiger partial charge >= 0.3 is 0 Å². The van der Waals surface area contributed by atoms with Gasteiger partial charge in [0, 0.05) is 44.4 Å². The molecule has 7 heteroatoms. The van der Waals surface area contributed by atoms with Gasteiger partial charge in [0.1, 0.15) is 17.4 Å². The number of hydrogen-bond acceptors (Lipinski definition) is 4. The van der Waals surface area contributed by atoms with Crippen molar-refractivity contribution in [3.8, 4) is 17.1 Å². The van der Waals surface area contributed by atoms with E-state index in [9.17, 15) is 4.39 Å². The Morgan fingerprint density at radius 2 is 1.97 bits per heavy atom. The van der Waals surface area contributed by atoms with Crippen molar-refractivity contribution in [3.05, 3.63) is 46.7 Å². The maximum Gasteiger partial charge on any atom is 0.144 e. The Bertz CT molecular complexity index is 959. The van der Waals surface area contributed by atoms with Gasteiger partial charge in [-0.05, 0) is 50.2 Å². The summed E-state index contributed by atoms with van der Waals surface area (Å²) in [5.41, 5.74) is 3.25. The number of hydrogen-bond donors (Lipinski definition) is 1. The lowest BCUT2D eigenvalue weighted by molar-refractivity contribution is 0.145. The van der Waals surface area contributed by atoms with Crippen LogP contribution in [0.2, 0.25) is 5.02 Å². The van der Waals surface area contributed by atoms with Crippen LogP contribution in [0, 0.1) is 12.7 Å². The number of halogens is 2. The molecule has 0 spiro atoms. The molecule has 1 aliphatic rings. The molecule has 3 aromatic rings. The first-order valence-electron chi connectivity index (χ1n) is 9.99. The first kappa shape index (κ1) is 20.1. The number of nitrogens with one attached hydrogen (secondary N) is 1. The molecule has 1 aliphatic heterocycles. The molecule has 0 unspecified atom stereocenters. The number of imidazole rings is 1. The van der Waals surface area contributed by atoms with E-state index in [1.54, 1.807) is 0 Å². The molecule has 0 radical (unpaired) electrons. The molecule has 29 heavy (non-hydrogen) atoms. The molecular weight excluding hydrogens is 391 g/mol. The van der Waals surface area contributed by atoms with Gasteiger partial charge in [-0.15, -0.1) is 0 Å². The number of aryl methyl sites for hydroxylation is 1. The van der Waals surface area contributed by atoms with Gasteiger partial charge < -0.3 is 19.5 Å². The van der Waals surface area contributed by atoms with Gasteiger partial charge in [-0.3, -0.25) is 0 Å². The van der Waals surface area contributed by atoms with Crippen molar-refractivity contribution in [1.82, 2.24) is 19.8 Å². The van der Waals surface area contributed by atoms with Gasteiger partial charge in [0.05, 0.1) is 22.7 Å². The zero-order chi connectivity index (χ0) is 20.4. The first-order chi connectivity index (χ1) is 14.0. The third-order valence-electron chi connectivity index (χ3n) is 5.44. The predicted molar refractivity (Wildman–Crippen MR) is 115 cm³/mol. The molecule has 5 nitrogen and oxygen atoms in total. The molecule has 2 aromatic carbocycles. The fourth-order valence-electron chi connectivity index (χ4n) is 3.64. The standard InChI is InChI=1S/C22H26ClFN4O/c1-15-12-16(22-25-19-13-17(23)18(24)14-20(19)26-22)4-5-21(15)29-11-3-6-28-9-7-27(2)8-10-28/h4-5,12-14H,3,6-11H2,1-2H3,(H,25,26). The molecular formula is C22H26ClFN4O. The van der Waals surface area contributed by atoms with E-state index in [0.717, 1.165) is 56.0 Å². The lowest BCUT2D eigenvalue weighted by Crippen LogP contribution is -2.44. The van der Waals surface area contributed by atoms with Crippen LogP contribution in [0.5, 0.6) is 5.75 Å². The van der Waals surface area contributed by atoms with Crippen molar-refractivity contribution in [2.45, 2.75) is 13.3 Å². The van der Waals surface area contributed by atoms with E-state index in [-0.39, 0.29) is 5.02 Å². The number of piperazine rings is 1. The maximum atomic E-state index is 13.7. The summed E-state index contributed by atoms with van der Waals surface area (Å²) >= 11 is 5.85. The SMILES string of the molecule is Cc1cc(-c2nc3cc(Cl)c(F)cc3[nH]2)ccc1OCCCN1CCN(C)CC1. The first-order valence-corrected chi connectivity index (χ1v) is 10.4. The number of nitrogens with zero attached hydrogens (tertiary/aromatic N) is 3. The van der Waals surface area contributed by atoms with Gasteiger partial charge in [0.15, 0.2) is 0 Å². The smallest absolute Gasteiger partial charge is 0.144 e. The lowest BCUT2D eigenvalue weighted by Gasteiger charge is -2.32. The molecule has 2 heterocycles. The van der Waals surface area contributed by atoms with Gasteiger partial charge in [-0.1, -0.05) is 11.6 Å². The third-order valence-corrected chi connectivity index (χ3v) is 5.73. The second-order valence-electron chi connectivity index (χ2n) is 7.70. The number of H-pyrrole nitrogens is 1. The molecule has 0 atom stereocenters. The highest BCUT2D eigenvalue weighted by atomic mass is 35.5. The molecule has 154 valence electrons. The van der Waals surface area contributed by atoms with Crippen LogP contribution in [-0.4, -0.2) is 66.1 Å². The predicted octanol–water partition coefficient (Wildman–Crippen LogP) is 4.35. The lowest BCUT2D eigenvalue weighted by atomic mass is 10.1. The van der Waals surface area contributed by atoms with Gasteiger partial charge in [-0.2, -0.15) is 0 Å². The van der Waals surface area contributed by atoms with Crippen LogP contribution >= 0.6 is 11.6 Å². The Morgan fingerprint density at radius 3 is 2.72 bits per heavy atom. The van der Waals surface area contributed by atoms with E-state index in [1.165, 1.54) is 12.1 Å². The number of fused-ring (bicyclic) bond motifs is 1.